The fraction of sp³-hybridized carbons (Fsp3) is 0.333. The van der Waals surface area contributed by atoms with Gasteiger partial charge in [-0.15, -0.1) is 11.8 Å². The summed E-state index contributed by atoms with van der Waals surface area (Å²) in [5, 5.41) is 9.98. The van der Waals surface area contributed by atoms with Gasteiger partial charge in [0.1, 0.15) is 0 Å². The molecule has 14 heavy (non-hydrogen) atoms. The van der Waals surface area contributed by atoms with Crippen molar-refractivity contribution in [3.05, 3.63) is 23.4 Å². The van der Waals surface area contributed by atoms with E-state index in [4.69, 9.17) is 22.6 Å². The molecule has 1 rings (SSSR count). The van der Waals surface area contributed by atoms with Crippen LogP contribution in [0.1, 0.15) is 6.42 Å². The number of nitriles is 1. The molecular weight excluding hydrogens is 218 g/mol. The number of hydrogen-bond acceptors (Lipinski definition) is 4. The Balaban J connectivity index is 2.32. The molecule has 1 aromatic rings. The summed E-state index contributed by atoms with van der Waals surface area (Å²) in [5.41, 5.74) is 5.45. The minimum absolute atomic E-state index is 0.380. The number of hydrogen-bond donors (Lipinski definition) is 1. The minimum Gasteiger partial charge on any atom is -0.316 e. The highest BCUT2D eigenvalue weighted by Gasteiger charge is 2.01. The zero-order valence-electron chi connectivity index (χ0n) is 7.48. The van der Waals surface area contributed by atoms with E-state index >= 15 is 0 Å². The van der Waals surface area contributed by atoms with Crippen LogP contribution < -0.4 is 5.73 Å². The first-order chi connectivity index (χ1) is 6.72. The first-order valence-corrected chi connectivity index (χ1v) is 5.48. The molecule has 0 spiro atoms. The SMILES string of the molecule is N#CC(N)CCSc1ccc(Cl)cn1. The highest BCUT2D eigenvalue weighted by molar-refractivity contribution is 7.99. The Bertz CT molecular complexity index is 320. The molecule has 0 aromatic carbocycles. The quantitative estimate of drug-likeness (QED) is 0.800. The summed E-state index contributed by atoms with van der Waals surface area (Å²) in [6.07, 6.45) is 2.28. The van der Waals surface area contributed by atoms with Crippen molar-refractivity contribution in [1.29, 1.82) is 5.26 Å². The van der Waals surface area contributed by atoms with Crippen LogP contribution in [0.2, 0.25) is 5.02 Å². The van der Waals surface area contributed by atoms with E-state index in [9.17, 15) is 0 Å². The lowest BCUT2D eigenvalue weighted by molar-refractivity contribution is 0.802. The second-order valence-electron chi connectivity index (χ2n) is 2.69. The monoisotopic (exact) mass is 227 g/mol. The first kappa shape index (κ1) is 11.3. The van der Waals surface area contributed by atoms with E-state index in [2.05, 4.69) is 4.98 Å². The Hall–Kier alpha value is -0.760. The molecule has 74 valence electrons. The molecule has 0 aliphatic carbocycles. The van der Waals surface area contributed by atoms with Crippen LogP contribution in [0.4, 0.5) is 0 Å². The summed E-state index contributed by atoms with van der Waals surface area (Å²) >= 11 is 7.26. The van der Waals surface area contributed by atoms with E-state index in [-0.39, 0.29) is 6.04 Å². The second kappa shape index (κ2) is 5.86. The third kappa shape index (κ3) is 3.97. The molecule has 0 radical (unpaired) electrons. The fourth-order valence-corrected chi connectivity index (χ4v) is 1.79. The molecule has 1 aromatic heterocycles. The molecule has 0 saturated heterocycles. The molecule has 0 aliphatic rings. The predicted molar refractivity (Wildman–Crippen MR) is 58.2 cm³/mol. The van der Waals surface area contributed by atoms with Gasteiger partial charge in [-0.3, -0.25) is 0 Å². The van der Waals surface area contributed by atoms with E-state index in [0.29, 0.717) is 11.4 Å². The maximum Gasteiger partial charge on any atom is 0.0960 e. The first-order valence-electron chi connectivity index (χ1n) is 4.12. The van der Waals surface area contributed by atoms with Crippen LogP contribution in [-0.2, 0) is 0 Å². The molecule has 0 fully saturated rings. The highest BCUT2D eigenvalue weighted by Crippen LogP contribution is 2.17. The Kier molecular flexibility index (Phi) is 4.74. The van der Waals surface area contributed by atoms with Gasteiger partial charge in [-0.1, -0.05) is 11.6 Å². The average molecular weight is 228 g/mol. The molecule has 0 amide bonds. The maximum absolute atomic E-state index is 8.45. The summed E-state index contributed by atoms with van der Waals surface area (Å²) in [6, 6.07) is 5.25. The highest BCUT2D eigenvalue weighted by atomic mass is 35.5. The molecule has 1 unspecified atom stereocenters. The van der Waals surface area contributed by atoms with Gasteiger partial charge in [0, 0.05) is 11.9 Å². The number of pyridine rings is 1. The summed E-state index contributed by atoms with van der Waals surface area (Å²) in [5.74, 6) is 0.795. The van der Waals surface area contributed by atoms with Crippen molar-refractivity contribution in [2.75, 3.05) is 5.75 Å². The van der Waals surface area contributed by atoms with Crippen molar-refractivity contribution >= 4 is 23.4 Å². The van der Waals surface area contributed by atoms with Crippen LogP contribution in [0.3, 0.4) is 0 Å². The molecule has 2 N–H and O–H groups in total. The summed E-state index contributed by atoms with van der Waals surface area (Å²) in [7, 11) is 0. The third-order valence-corrected chi connectivity index (χ3v) is 2.75. The Morgan fingerprint density at radius 3 is 3.00 bits per heavy atom. The van der Waals surface area contributed by atoms with Crippen molar-refractivity contribution in [1.82, 2.24) is 4.98 Å². The summed E-state index contributed by atoms with van der Waals surface area (Å²) in [4.78, 5) is 4.11. The molecule has 0 aliphatic heterocycles. The average Bonchev–Trinajstić information content (AvgIpc) is 2.21. The standard InChI is InChI=1S/C9H10ClN3S/c10-7-1-2-9(13-6-7)14-4-3-8(12)5-11/h1-2,6,8H,3-4,12H2. The Morgan fingerprint density at radius 1 is 1.64 bits per heavy atom. The van der Waals surface area contributed by atoms with Gasteiger partial charge in [0.2, 0.25) is 0 Å². The normalized spacial score (nSPS) is 12.1. The topological polar surface area (TPSA) is 62.7 Å². The van der Waals surface area contributed by atoms with Crippen LogP contribution in [0.5, 0.6) is 0 Å². The number of aromatic nitrogens is 1. The van der Waals surface area contributed by atoms with Gasteiger partial charge >= 0.3 is 0 Å². The zero-order chi connectivity index (χ0) is 10.4. The molecular formula is C9H10ClN3S. The number of halogens is 1. The van der Waals surface area contributed by atoms with E-state index in [1.54, 1.807) is 24.0 Å². The van der Waals surface area contributed by atoms with Crippen LogP contribution in [0, 0.1) is 11.3 Å². The second-order valence-corrected chi connectivity index (χ2v) is 4.24. The number of rotatable bonds is 4. The van der Waals surface area contributed by atoms with Gasteiger partial charge in [0.05, 0.1) is 22.2 Å². The van der Waals surface area contributed by atoms with Crippen LogP contribution >= 0.6 is 23.4 Å². The smallest absolute Gasteiger partial charge is 0.0960 e. The van der Waals surface area contributed by atoms with E-state index in [0.717, 1.165) is 10.8 Å². The van der Waals surface area contributed by atoms with Gasteiger partial charge in [-0.05, 0) is 18.6 Å². The number of nitrogens with zero attached hydrogens (tertiary/aromatic N) is 2. The molecule has 1 heterocycles. The van der Waals surface area contributed by atoms with Gasteiger partial charge in [0.15, 0.2) is 0 Å². The van der Waals surface area contributed by atoms with Gasteiger partial charge in [-0.2, -0.15) is 5.26 Å². The lowest BCUT2D eigenvalue weighted by Crippen LogP contribution is -2.17. The Morgan fingerprint density at radius 2 is 2.43 bits per heavy atom. The van der Waals surface area contributed by atoms with E-state index < -0.39 is 0 Å². The molecule has 5 heteroatoms. The molecule has 1 atom stereocenters. The van der Waals surface area contributed by atoms with Crippen LogP contribution in [0.15, 0.2) is 23.4 Å². The largest absolute Gasteiger partial charge is 0.316 e. The lowest BCUT2D eigenvalue weighted by atomic mass is 10.3. The van der Waals surface area contributed by atoms with Crippen LogP contribution in [0.25, 0.3) is 0 Å². The predicted octanol–water partition coefficient (Wildman–Crippen LogP) is 2.07. The fourth-order valence-electron chi connectivity index (χ4n) is 0.803. The molecule has 3 nitrogen and oxygen atoms in total. The van der Waals surface area contributed by atoms with E-state index in [1.807, 2.05) is 12.1 Å². The number of thioether (sulfide) groups is 1. The zero-order valence-corrected chi connectivity index (χ0v) is 9.05. The van der Waals surface area contributed by atoms with Crippen molar-refractivity contribution in [3.8, 4) is 6.07 Å². The summed E-state index contributed by atoms with van der Waals surface area (Å²) < 4.78 is 0. The van der Waals surface area contributed by atoms with Gasteiger partial charge < -0.3 is 5.73 Å². The van der Waals surface area contributed by atoms with E-state index in [1.165, 1.54) is 0 Å². The lowest BCUT2D eigenvalue weighted by Gasteiger charge is -2.01. The number of nitrogens with two attached hydrogens (primary N) is 1. The Labute approximate surface area is 92.3 Å². The minimum atomic E-state index is -0.380. The maximum atomic E-state index is 8.45. The third-order valence-electron chi connectivity index (χ3n) is 1.54. The van der Waals surface area contributed by atoms with Crippen molar-refractivity contribution in [2.24, 2.45) is 5.73 Å². The van der Waals surface area contributed by atoms with Gasteiger partial charge in [-0.25, -0.2) is 4.98 Å². The molecule has 0 saturated carbocycles. The van der Waals surface area contributed by atoms with Crippen LogP contribution in [-0.4, -0.2) is 16.8 Å². The molecule has 0 bridgehead atoms. The van der Waals surface area contributed by atoms with Crippen molar-refractivity contribution < 1.29 is 0 Å². The summed E-state index contributed by atoms with van der Waals surface area (Å²) in [6.45, 7) is 0. The van der Waals surface area contributed by atoms with Gasteiger partial charge in [0.25, 0.3) is 0 Å². The van der Waals surface area contributed by atoms with Crippen molar-refractivity contribution in [3.63, 3.8) is 0 Å². The van der Waals surface area contributed by atoms with Crippen molar-refractivity contribution in [2.45, 2.75) is 17.5 Å².